The lowest BCUT2D eigenvalue weighted by Crippen LogP contribution is -2.14. The molecule has 0 bridgehead atoms. The minimum atomic E-state index is -0.471. The molecule has 0 aliphatic rings. The van der Waals surface area contributed by atoms with E-state index in [9.17, 15) is 9.18 Å². The van der Waals surface area contributed by atoms with Gasteiger partial charge >= 0.3 is 0 Å². The number of aryl methyl sites for hydroxylation is 1. The van der Waals surface area contributed by atoms with Crippen LogP contribution in [-0.2, 0) is 0 Å². The van der Waals surface area contributed by atoms with Gasteiger partial charge in [-0.05, 0) is 30.7 Å². The van der Waals surface area contributed by atoms with E-state index >= 15 is 0 Å². The van der Waals surface area contributed by atoms with E-state index < -0.39 is 11.7 Å². The van der Waals surface area contributed by atoms with Crippen molar-refractivity contribution < 1.29 is 9.18 Å². The van der Waals surface area contributed by atoms with Gasteiger partial charge in [0.1, 0.15) is 15.5 Å². The Hall–Kier alpha value is -2.47. The maximum Gasteiger partial charge on any atom is 0.268 e. The van der Waals surface area contributed by atoms with Crippen molar-refractivity contribution >= 4 is 38.8 Å². The monoisotopic (exact) mass is 301 g/mol. The summed E-state index contributed by atoms with van der Waals surface area (Å²) in [5.74, 6) is -0.898. The number of thiophene rings is 1. The number of nitrogens with zero attached hydrogens (tertiary/aromatic N) is 1. The molecule has 106 valence electrons. The fraction of sp³-hybridized carbons (Fsp3) is 0.0667. The number of amides is 1. The number of pyridine rings is 1. The van der Waals surface area contributed by atoms with Crippen LogP contribution in [0.2, 0.25) is 0 Å². The summed E-state index contributed by atoms with van der Waals surface area (Å²) < 4.78 is 13.8. The lowest BCUT2D eigenvalue weighted by molar-refractivity contribution is 0.103. The van der Waals surface area contributed by atoms with Gasteiger partial charge in [0.25, 0.3) is 5.91 Å². The van der Waals surface area contributed by atoms with Crippen LogP contribution in [-0.4, -0.2) is 10.9 Å². The van der Waals surface area contributed by atoms with Crippen LogP contribution in [0.15, 0.2) is 36.5 Å². The molecular weight excluding hydrogens is 289 g/mol. The van der Waals surface area contributed by atoms with Gasteiger partial charge in [0.05, 0.1) is 11.4 Å². The number of carbonyl (C=O) groups is 1. The van der Waals surface area contributed by atoms with Gasteiger partial charge in [0.2, 0.25) is 0 Å². The summed E-state index contributed by atoms with van der Waals surface area (Å²) >= 11 is 1.19. The van der Waals surface area contributed by atoms with Crippen molar-refractivity contribution in [2.45, 2.75) is 6.92 Å². The molecule has 2 heterocycles. The zero-order valence-corrected chi connectivity index (χ0v) is 12.0. The largest absolute Gasteiger partial charge is 0.397 e. The van der Waals surface area contributed by atoms with E-state index in [1.165, 1.54) is 17.4 Å². The number of nitrogen functional groups attached to an aromatic ring is 1. The second-order valence-electron chi connectivity index (χ2n) is 4.59. The Kier molecular flexibility index (Phi) is 3.31. The molecule has 21 heavy (non-hydrogen) atoms. The van der Waals surface area contributed by atoms with Crippen molar-refractivity contribution in [2.75, 3.05) is 11.1 Å². The maximum absolute atomic E-state index is 13.8. The number of anilines is 2. The molecule has 3 rings (SSSR count). The first-order valence-electron chi connectivity index (χ1n) is 6.27. The fourth-order valence-electron chi connectivity index (χ4n) is 2.08. The van der Waals surface area contributed by atoms with Gasteiger partial charge in [0, 0.05) is 11.6 Å². The first kappa shape index (κ1) is 13.5. The van der Waals surface area contributed by atoms with Crippen LogP contribution in [0.5, 0.6) is 0 Å². The number of rotatable bonds is 2. The lowest BCUT2D eigenvalue weighted by Gasteiger charge is -2.08. The van der Waals surface area contributed by atoms with E-state index in [1.54, 1.807) is 37.4 Å². The van der Waals surface area contributed by atoms with Crippen molar-refractivity contribution in [1.29, 1.82) is 0 Å². The summed E-state index contributed by atoms with van der Waals surface area (Å²) in [7, 11) is 0. The van der Waals surface area contributed by atoms with Gasteiger partial charge in [-0.3, -0.25) is 4.79 Å². The number of fused-ring (bicyclic) bond motifs is 1. The third kappa shape index (κ3) is 2.34. The molecule has 2 aromatic heterocycles. The smallest absolute Gasteiger partial charge is 0.268 e. The molecule has 0 saturated carbocycles. The average molecular weight is 301 g/mol. The standard InChI is InChI=1S/C15H12FN3OS/c1-8-4-2-6-10(16)12(8)19-14(20)13-11(17)9-5-3-7-18-15(9)21-13/h2-7H,17H2,1H3,(H,19,20). The molecule has 0 radical (unpaired) electrons. The topological polar surface area (TPSA) is 68.0 Å². The molecule has 4 nitrogen and oxygen atoms in total. The summed E-state index contributed by atoms with van der Waals surface area (Å²) in [4.78, 5) is 17.5. The second-order valence-corrected chi connectivity index (χ2v) is 5.59. The highest BCUT2D eigenvalue weighted by atomic mass is 32.1. The molecule has 0 aliphatic carbocycles. The summed E-state index contributed by atoms with van der Waals surface area (Å²) in [5.41, 5.74) is 7.18. The first-order chi connectivity index (χ1) is 10.1. The van der Waals surface area contributed by atoms with Crippen molar-refractivity contribution in [2.24, 2.45) is 0 Å². The van der Waals surface area contributed by atoms with E-state index in [0.717, 1.165) is 5.39 Å². The van der Waals surface area contributed by atoms with Gasteiger partial charge < -0.3 is 11.1 Å². The SMILES string of the molecule is Cc1cccc(F)c1NC(=O)c1sc2ncccc2c1N. The summed E-state index contributed by atoms with van der Waals surface area (Å²) in [6.07, 6.45) is 1.64. The Labute approximate surface area is 124 Å². The highest BCUT2D eigenvalue weighted by Crippen LogP contribution is 2.32. The Morgan fingerprint density at radius 1 is 1.33 bits per heavy atom. The van der Waals surface area contributed by atoms with Crippen LogP contribution in [0, 0.1) is 12.7 Å². The molecule has 0 fully saturated rings. The number of nitrogens with one attached hydrogen (secondary N) is 1. The van der Waals surface area contributed by atoms with Crippen molar-refractivity contribution in [3.8, 4) is 0 Å². The van der Waals surface area contributed by atoms with Crippen molar-refractivity contribution in [1.82, 2.24) is 4.98 Å². The Morgan fingerprint density at radius 2 is 2.14 bits per heavy atom. The number of carbonyl (C=O) groups excluding carboxylic acids is 1. The molecule has 6 heteroatoms. The number of para-hydroxylation sites is 1. The van der Waals surface area contributed by atoms with Crippen LogP contribution in [0.25, 0.3) is 10.2 Å². The molecule has 0 spiro atoms. The van der Waals surface area contributed by atoms with Crippen molar-refractivity contribution in [3.63, 3.8) is 0 Å². The molecule has 1 aromatic carbocycles. The van der Waals surface area contributed by atoms with Gasteiger partial charge in [-0.25, -0.2) is 9.37 Å². The molecule has 0 aliphatic heterocycles. The zero-order chi connectivity index (χ0) is 15.0. The molecular formula is C15H12FN3OS. The van der Waals surface area contributed by atoms with E-state index in [-0.39, 0.29) is 5.69 Å². The first-order valence-corrected chi connectivity index (χ1v) is 7.09. The predicted molar refractivity (Wildman–Crippen MR) is 83.1 cm³/mol. The Morgan fingerprint density at radius 3 is 2.86 bits per heavy atom. The van der Waals surface area contributed by atoms with Gasteiger partial charge in [-0.2, -0.15) is 0 Å². The Balaban J connectivity index is 2.00. The molecule has 0 saturated heterocycles. The number of hydrogen-bond donors (Lipinski definition) is 2. The van der Waals surface area contributed by atoms with E-state index in [4.69, 9.17) is 5.73 Å². The zero-order valence-electron chi connectivity index (χ0n) is 11.2. The van der Waals surface area contributed by atoms with Crippen LogP contribution in [0.4, 0.5) is 15.8 Å². The lowest BCUT2D eigenvalue weighted by atomic mass is 10.2. The normalized spacial score (nSPS) is 10.8. The van der Waals surface area contributed by atoms with Crippen LogP contribution in [0.3, 0.4) is 0 Å². The van der Waals surface area contributed by atoms with E-state index in [1.807, 2.05) is 0 Å². The molecule has 3 N–H and O–H groups in total. The quantitative estimate of drug-likeness (QED) is 0.760. The minimum absolute atomic E-state index is 0.173. The highest BCUT2D eigenvalue weighted by Gasteiger charge is 2.18. The maximum atomic E-state index is 13.8. The molecule has 0 unspecified atom stereocenters. The average Bonchev–Trinajstić information content (AvgIpc) is 2.81. The predicted octanol–water partition coefficient (Wildman–Crippen LogP) is 3.58. The third-order valence-electron chi connectivity index (χ3n) is 3.17. The fourth-order valence-corrected chi connectivity index (χ4v) is 3.04. The highest BCUT2D eigenvalue weighted by molar-refractivity contribution is 7.21. The summed E-state index contributed by atoms with van der Waals surface area (Å²) in [5, 5.41) is 3.32. The van der Waals surface area contributed by atoms with E-state index in [2.05, 4.69) is 10.3 Å². The van der Waals surface area contributed by atoms with Crippen LogP contribution in [0.1, 0.15) is 15.2 Å². The molecule has 3 aromatic rings. The molecule has 1 amide bonds. The minimum Gasteiger partial charge on any atom is -0.397 e. The third-order valence-corrected chi connectivity index (χ3v) is 4.30. The van der Waals surface area contributed by atoms with E-state index in [0.29, 0.717) is 21.0 Å². The summed E-state index contributed by atoms with van der Waals surface area (Å²) in [6.45, 7) is 1.73. The second kappa shape index (κ2) is 5.14. The number of hydrogen-bond acceptors (Lipinski definition) is 4. The van der Waals surface area contributed by atoms with Gasteiger partial charge in [-0.15, -0.1) is 11.3 Å². The number of benzene rings is 1. The Bertz CT molecular complexity index is 824. The van der Waals surface area contributed by atoms with Crippen LogP contribution < -0.4 is 11.1 Å². The van der Waals surface area contributed by atoms with Crippen molar-refractivity contribution in [3.05, 3.63) is 52.8 Å². The van der Waals surface area contributed by atoms with Crippen LogP contribution >= 0.6 is 11.3 Å². The number of aromatic nitrogens is 1. The molecule has 0 atom stereocenters. The van der Waals surface area contributed by atoms with Gasteiger partial charge in [-0.1, -0.05) is 12.1 Å². The number of halogens is 1. The summed E-state index contributed by atoms with van der Waals surface area (Å²) in [6, 6.07) is 8.19. The number of nitrogens with two attached hydrogens (primary N) is 1. The van der Waals surface area contributed by atoms with Gasteiger partial charge in [0.15, 0.2) is 0 Å².